The molecule has 1 aliphatic rings. The predicted molar refractivity (Wildman–Crippen MR) is 71.6 cm³/mol. The fourth-order valence-electron chi connectivity index (χ4n) is 2.22. The lowest BCUT2D eigenvalue weighted by atomic mass is 10.1. The summed E-state index contributed by atoms with van der Waals surface area (Å²) >= 11 is 0. The van der Waals surface area contributed by atoms with Crippen LogP contribution < -0.4 is 11.1 Å². The number of rotatable bonds is 7. The molecule has 1 saturated heterocycles. The zero-order valence-corrected chi connectivity index (χ0v) is 11.8. The zero-order valence-electron chi connectivity index (χ0n) is 11.8. The van der Waals surface area contributed by atoms with Crippen LogP contribution in [0.25, 0.3) is 0 Å². The van der Waals surface area contributed by atoms with Gasteiger partial charge in [-0.1, -0.05) is 0 Å². The minimum atomic E-state index is -1.43. The Morgan fingerprint density at radius 1 is 1.27 bits per heavy atom. The van der Waals surface area contributed by atoms with E-state index in [1.54, 1.807) is 0 Å². The van der Waals surface area contributed by atoms with E-state index in [4.69, 9.17) is 21.1 Å². The Labute approximate surface area is 125 Å². The van der Waals surface area contributed by atoms with Gasteiger partial charge in [0.25, 0.3) is 0 Å². The van der Waals surface area contributed by atoms with Crippen molar-refractivity contribution >= 4 is 23.8 Å². The number of nitrogens with two attached hydrogens (primary N) is 1. The van der Waals surface area contributed by atoms with E-state index < -0.39 is 54.9 Å². The maximum Gasteiger partial charge on any atom is 0.326 e. The zero-order chi connectivity index (χ0) is 16.9. The Hall–Kier alpha value is -2.20. The SMILES string of the molecule is NC(CO)C(=O)NC(CC(=O)O)C(=O)N1CCCC1C(=O)O. The van der Waals surface area contributed by atoms with Gasteiger partial charge in [-0.2, -0.15) is 0 Å². The van der Waals surface area contributed by atoms with Gasteiger partial charge in [0.15, 0.2) is 0 Å². The Morgan fingerprint density at radius 2 is 1.91 bits per heavy atom. The maximum atomic E-state index is 12.3. The number of nitrogens with one attached hydrogen (secondary N) is 1. The normalized spacial score (nSPS) is 20.3. The fourth-order valence-corrected chi connectivity index (χ4v) is 2.22. The second-order valence-electron chi connectivity index (χ2n) is 4.98. The molecule has 0 aromatic rings. The molecule has 0 bridgehead atoms. The molecule has 0 saturated carbocycles. The van der Waals surface area contributed by atoms with Crippen LogP contribution in [0.4, 0.5) is 0 Å². The Morgan fingerprint density at radius 3 is 2.41 bits per heavy atom. The number of hydrogen-bond donors (Lipinski definition) is 5. The van der Waals surface area contributed by atoms with E-state index in [1.807, 2.05) is 0 Å². The first-order valence-corrected chi connectivity index (χ1v) is 6.69. The summed E-state index contributed by atoms with van der Waals surface area (Å²) in [6, 6.07) is -3.76. The molecule has 1 rings (SSSR count). The molecule has 10 heteroatoms. The molecule has 3 atom stereocenters. The first-order chi connectivity index (χ1) is 10.3. The van der Waals surface area contributed by atoms with Crippen LogP contribution in [0.5, 0.6) is 0 Å². The summed E-state index contributed by atoms with van der Waals surface area (Å²) in [5.74, 6) is -4.18. The van der Waals surface area contributed by atoms with Crippen molar-refractivity contribution in [2.24, 2.45) is 5.73 Å². The van der Waals surface area contributed by atoms with E-state index in [1.165, 1.54) is 0 Å². The highest BCUT2D eigenvalue weighted by atomic mass is 16.4. The van der Waals surface area contributed by atoms with E-state index in [0.717, 1.165) is 4.90 Å². The molecule has 0 spiro atoms. The molecule has 10 nitrogen and oxygen atoms in total. The van der Waals surface area contributed by atoms with Gasteiger partial charge >= 0.3 is 11.9 Å². The van der Waals surface area contributed by atoms with Gasteiger partial charge in [-0.05, 0) is 12.8 Å². The Kier molecular flexibility index (Phi) is 6.25. The van der Waals surface area contributed by atoms with Crippen molar-refractivity contribution in [1.29, 1.82) is 0 Å². The average molecular weight is 317 g/mol. The summed E-state index contributed by atoms with van der Waals surface area (Å²) in [6.07, 6.45) is 0.0448. The third-order valence-electron chi connectivity index (χ3n) is 3.35. The van der Waals surface area contributed by atoms with Crippen molar-refractivity contribution in [3.05, 3.63) is 0 Å². The number of carbonyl (C=O) groups excluding carboxylic acids is 2. The number of carboxylic acids is 2. The first kappa shape index (κ1) is 17.9. The van der Waals surface area contributed by atoms with Crippen LogP contribution in [-0.4, -0.2) is 75.2 Å². The van der Waals surface area contributed by atoms with E-state index in [2.05, 4.69) is 5.32 Å². The molecule has 0 aromatic heterocycles. The van der Waals surface area contributed by atoms with Crippen molar-refractivity contribution in [2.45, 2.75) is 37.4 Å². The topological polar surface area (TPSA) is 170 Å². The summed E-state index contributed by atoms with van der Waals surface area (Å²) in [4.78, 5) is 46.9. The van der Waals surface area contributed by atoms with Crippen LogP contribution in [0.3, 0.4) is 0 Å². The molecule has 0 aliphatic carbocycles. The number of nitrogens with zero attached hydrogens (tertiary/aromatic N) is 1. The standard InChI is InChI=1S/C12H19N3O7/c13-6(5-16)10(19)14-7(4-9(17)18)11(20)15-3-1-2-8(15)12(21)22/h6-8,16H,1-5,13H2,(H,14,19)(H,17,18)(H,21,22). The third-order valence-corrected chi connectivity index (χ3v) is 3.35. The Balaban J connectivity index is 2.86. The number of carboxylic acid groups (broad SMARTS) is 2. The smallest absolute Gasteiger partial charge is 0.326 e. The number of aliphatic carboxylic acids is 2. The monoisotopic (exact) mass is 317 g/mol. The third kappa shape index (κ3) is 4.40. The summed E-state index contributed by atoms with van der Waals surface area (Å²) in [6.45, 7) is -0.491. The first-order valence-electron chi connectivity index (χ1n) is 6.69. The van der Waals surface area contributed by atoms with Crippen molar-refractivity contribution in [2.75, 3.05) is 13.2 Å². The molecule has 2 amide bonds. The average Bonchev–Trinajstić information content (AvgIpc) is 2.93. The molecule has 3 unspecified atom stereocenters. The highest BCUT2D eigenvalue weighted by Crippen LogP contribution is 2.19. The molecule has 1 heterocycles. The van der Waals surface area contributed by atoms with Crippen LogP contribution in [0.15, 0.2) is 0 Å². The minimum Gasteiger partial charge on any atom is -0.481 e. The number of likely N-dealkylation sites (tertiary alicyclic amines) is 1. The van der Waals surface area contributed by atoms with Crippen LogP contribution >= 0.6 is 0 Å². The molecular weight excluding hydrogens is 298 g/mol. The van der Waals surface area contributed by atoms with Gasteiger partial charge in [-0.3, -0.25) is 14.4 Å². The highest BCUT2D eigenvalue weighted by Gasteiger charge is 2.38. The summed E-state index contributed by atoms with van der Waals surface area (Å²) in [7, 11) is 0. The van der Waals surface area contributed by atoms with Crippen LogP contribution in [0.2, 0.25) is 0 Å². The van der Waals surface area contributed by atoms with Gasteiger partial charge in [0.1, 0.15) is 18.1 Å². The molecule has 22 heavy (non-hydrogen) atoms. The summed E-state index contributed by atoms with van der Waals surface area (Å²) in [5, 5.41) is 28.8. The number of carbonyl (C=O) groups is 4. The number of amides is 2. The van der Waals surface area contributed by atoms with Gasteiger partial charge in [0.2, 0.25) is 11.8 Å². The highest BCUT2D eigenvalue weighted by molar-refractivity contribution is 5.94. The maximum absolute atomic E-state index is 12.3. The number of aliphatic hydroxyl groups is 1. The van der Waals surface area contributed by atoms with Gasteiger partial charge in [-0.25, -0.2) is 4.79 Å². The van der Waals surface area contributed by atoms with Gasteiger partial charge in [0, 0.05) is 6.54 Å². The lowest BCUT2D eigenvalue weighted by Gasteiger charge is -2.27. The van der Waals surface area contributed by atoms with E-state index in [-0.39, 0.29) is 13.0 Å². The van der Waals surface area contributed by atoms with Crippen molar-refractivity contribution in [3.63, 3.8) is 0 Å². The fraction of sp³-hybridized carbons (Fsp3) is 0.667. The molecule has 6 N–H and O–H groups in total. The quantitative estimate of drug-likeness (QED) is 0.338. The van der Waals surface area contributed by atoms with Gasteiger partial charge in [-0.15, -0.1) is 0 Å². The van der Waals surface area contributed by atoms with E-state index in [9.17, 15) is 19.2 Å². The predicted octanol–water partition coefficient (Wildman–Crippen LogP) is -2.66. The lowest BCUT2D eigenvalue weighted by Crippen LogP contribution is -2.55. The molecule has 1 aliphatic heterocycles. The largest absolute Gasteiger partial charge is 0.481 e. The second kappa shape index (κ2) is 7.71. The Bertz CT molecular complexity index is 468. The molecule has 1 fully saturated rings. The minimum absolute atomic E-state index is 0.174. The van der Waals surface area contributed by atoms with Crippen molar-refractivity contribution in [1.82, 2.24) is 10.2 Å². The molecule has 124 valence electrons. The molecule has 0 aromatic carbocycles. The van der Waals surface area contributed by atoms with Gasteiger partial charge < -0.3 is 31.3 Å². The number of hydrogen-bond acceptors (Lipinski definition) is 6. The van der Waals surface area contributed by atoms with Crippen molar-refractivity contribution in [3.8, 4) is 0 Å². The van der Waals surface area contributed by atoms with E-state index in [0.29, 0.717) is 6.42 Å². The molecular formula is C12H19N3O7. The number of aliphatic hydroxyl groups excluding tert-OH is 1. The van der Waals surface area contributed by atoms with Crippen LogP contribution in [-0.2, 0) is 19.2 Å². The van der Waals surface area contributed by atoms with Crippen LogP contribution in [0.1, 0.15) is 19.3 Å². The van der Waals surface area contributed by atoms with Crippen LogP contribution in [0, 0.1) is 0 Å². The molecule has 0 radical (unpaired) electrons. The summed E-state index contributed by atoms with van der Waals surface area (Å²) < 4.78 is 0. The summed E-state index contributed by atoms with van der Waals surface area (Å²) in [5.41, 5.74) is 5.30. The second-order valence-corrected chi connectivity index (χ2v) is 4.98. The van der Waals surface area contributed by atoms with Gasteiger partial charge in [0.05, 0.1) is 13.0 Å². The lowest BCUT2D eigenvalue weighted by molar-refractivity contribution is -0.150. The van der Waals surface area contributed by atoms with Crippen molar-refractivity contribution < 1.29 is 34.5 Å². The van der Waals surface area contributed by atoms with E-state index >= 15 is 0 Å².